The molecule has 0 aliphatic carbocycles. The number of ether oxygens (including phenoxy) is 2. The third-order valence-corrected chi connectivity index (χ3v) is 8.04. The van der Waals surface area contributed by atoms with Crippen molar-refractivity contribution in [3.63, 3.8) is 0 Å². The van der Waals surface area contributed by atoms with Gasteiger partial charge in [-0.05, 0) is 18.6 Å². The van der Waals surface area contributed by atoms with Crippen molar-refractivity contribution < 1.29 is 32.3 Å². The van der Waals surface area contributed by atoms with Crippen molar-refractivity contribution in [3.8, 4) is 6.07 Å². The predicted octanol–water partition coefficient (Wildman–Crippen LogP) is 2.38. The van der Waals surface area contributed by atoms with Gasteiger partial charge in [0.05, 0.1) is 32.8 Å². The van der Waals surface area contributed by atoms with Gasteiger partial charge in [-0.3, -0.25) is 28.2 Å². The Hall–Kier alpha value is -3.60. The lowest BCUT2D eigenvalue weighted by atomic mass is 10.1. The number of methoxy groups -OCH3 is 1. The number of fused-ring (bicyclic) bond motifs is 1. The number of nitrogens with zero attached hydrogens (tertiary/aromatic N) is 2. The lowest BCUT2D eigenvalue weighted by Gasteiger charge is -2.25. The van der Waals surface area contributed by atoms with Gasteiger partial charge < -0.3 is 14.5 Å². The zero-order valence-electron chi connectivity index (χ0n) is 21.8. The Labute approximate surface area is 227 Å². The number of rotatable bonds is 12. The molecule has 0 bridgehead atoms. The molecule has 4 rings (SSSR count). The van der Waals surface area contributed by atoms with Gasteiger partial charge in [0, 0.05) is 41.7 Å². The number of halogens is 1. The maximum Gasteiger partial charge on any atom is 0.406 e. The van der Waals surface area contributed by atoms with Gasteiger partial charge in [0.1, 0.15) is 24.5 Å². The third kappa shape index (κ3) is 6.75. The normalized spacial score (nSPS) is 21.1. The van der Waals surface area contributed by atoms with Crippen LogP contribution in [-0.2, 0) is 34.3 Å². The smallest absolute Gasteiger partial charge is 0.406 e. The Balaban J connectivity index is 1.50. The number of nitriles is 1. The van der Waals surface area contributed by atoms with E-state index in [0.29, 0.717) is 0 Å². The van der Waals surface area contributed by atoms with Crippen molar-refractivity contribution >= 4 is 24.6 Å². The molecule has 1 aliphatic rings. The second kappa shape index (κ2) is 12.7. The van der Waals surface area contributed by atoms with Crippen LogP contribution in [0.5, 0.6) is 0 Å². The molecule has 3 heterocycles. The molecule has 214 valence electrons. The van der Waals surface area contributed by atoms with E-state index in [4.69, 9.17) is 23.8 Å². The molecule has 0 amide bonds. The first kappa shape index (κ1) is 29.4. The first-order chi connectivity index (χ1) is 19.1. The number of hydrogen-bond acceptors (Lipinski definition) is 9. The first-order valence-corrected chi connectivity index (χ1v) is 14.0. The molecule has 0 spiro atoms. The minimum Gasteiger partial charge on any atom is -0.468 e. The summed E-state index contributed by atoms with van der Waals surface area (Å²) in [5.74, 6) is -0.744. The maximum atomic E-state index is 14.9. The van der Waals surface area contributed by atoms with Crippen LogP contribution < -0.4 is 16.3 Å². The molecule has 40 heavy (non-hydrogen) atoms. The highest BCUT2D eigenvalue weighted by atomic mass is 31.2. The fourth-order valence-electron chi connectivity index (χ4n) is 4.34. The summed E-state index contributed by atoms with van der Waals surface area (Å²) in [5.41, 5.74) is 0.478. The number of aromatic nitrogens is 3. The van der Waals surface area contributed by atoms with Crippen molar-refractivity contribution in [1.82, 2.24) is 19.6 Å². The van der Waals surface area contributed by atoms with E-state index in [1.807, 2.05) is 30.3 Å². The van der Waals surface area contributed by atoms with Gasteiger partial charge in [0.2, 0.25) is 0 Å². The summed E-state index contributed by atoms with van der Waals surface area (Å²) in [6.07, 6.45) is -1.21. The summed E-state index contributed by atoms with van der Waals surface area (Å²) in [6.45, 7) is 0.638. The van der Waals surface area contributed by atoms with E-state index in [9.17, 15) is 23.3 Å². The van der Waals surface area contributed by atoms with Crippen LogP contribution in [0, 0.1) is 18.3 Å². The maximum absolute atomic E-state index is 14.9. The van der Waals surface area contributed by atoms with Crippen LogP contribution in [0.2, 0.25) is 0 Å². The topological polar surface area (TPSA) is 178 Å². The lowest BCUT2D eigenvalue weighted by molar-refractivity contribution is -0.142. The van der Waals surface area contributed by atoms with E-state index in [1.165, 1.54) is 20.2 Å². The van der Waals surface area contributed by atoms with Crippen molar-refractivity contribution in [2.24, 2.45) is 0 Å². The third-order valence-electron chi connectivity index (χ3n) is 6.40. The molecule has 13 nitrogen and oxygen atoms in total. The Morgan fingerprint density at radius 3 is 2.88 bits per heavy atom. The second-order valence-electron chi connectivity index (χ2n) is 9.16. The molecule has 1 fully saturated rings. The first-order valence-electron chi connectivity index (χ1n) is 12.4. The summed E-state index contributed by atoms with van der Waals surface area (Å²) < 4.78 is 51.1. The number of esters is 1. The Morgan fingerprint density at radius 2 is 2.12 bits per heavy atom. The number of hydrogen-bond donors (Lipinski definition) is 3. The summed E-state index contributed by atoms with van der Waals surface area (Å²) in [7, 11) is -3.14. The zero-order valence-corrected chi connectivity index (χ0v) is 22.7. The van der Waals surface area contributed by atoms with E-state index in [-0.39, 0.29) is 31.4 Å². The quantitative estimate of drug-likeness (QED) is 0.164. The highest BCUT2D eigenvalue weighted by molar-refractivity contribution is 7.51. The van der Waals surface area contributed by atoms with Crippen molar-refractivity contribution in [1.29, 1.82) is 5.26 Å². The van der Waals surface area contributed by atoms with E-state index in [0.717, 1.165) is 21.0 Å². The number of carbonyl (C=O) groups is 1. The number of nitrogens with one attached hydrogen (secondary N) is 3. The highest BCUT2D eigenvalue weighted by Gasteiger charge is 2.40. The average Bonchev–Trinajstić information content (AvgIpc) is 3.52. The zero-order chi connectivity index (χ0) is 28.9. The molecule has 1 aliphatic heterocycles. The largest absolute Gasteiger partial charge is 0.468 e. The van der Waals surface area contributed by atoms with Crippen LogP contribution in [0.15, 0.2) is 46.2 Å². The summed E-state index contributed by atoms with van der Waals surface area (Å²) in [5, 5.41) is 12.3. The predicted molar refractivity (Wildman–Crippen MR) is 140 cm³/mol. The number of alkyl halides is 1. The van der Waals surface area contributed by atoms with Crippen LogP contribution in [-0.4, -0.2) is 59.1 Å². The van der Waals surface area contributed by atoms with Gasteiger partial charge in [-0.25, -0.2) is 18.8 Å². The molecule has 3 aromatic rings. The van der Waals surface area contributed by atoms with Crippen molar-refractivity contribution in [2.75, 3.05) is 20.3 Å². The molecule has 2 aromatic heterocycles. The molecule has 3 N–H and O–H groups in total. The lowest BCUT2D eigenvalue weighted by Crippen LogP contribution is -2.39. The molecule has 5 atom stereocenters. The molecule has 0 saturated carbocycles. The number of H-pyrrole nitrogens is 2. The van der Waals surface area contributed by atoms with Crippen molar-refractivity contribution in [3.05, 3.63) is 68.6 Å². The van der Waals surface area contributed by atoms with E-state index < -0.39 is 56.1 Å². The molecule has 1 unspecified atom stereocenters. The van der Waals surface area contributed by atoms with Gasteiger partial charge in [-0.2, -0.15) is 5.26 Å². The average molecular weight is 578 g/mol. The summed E-state index contributed by atoms with van der Waals surface area (Å²) in [4.78, 5) is 41.8. The molecule has 1 aromatic carbocycles. The number of aryl methyl sites for hydroxylation is 1. The molecular formula is C25H29FN5O8P. The number of carbonyl (C=O) groups excluding carboxylic acids is 1. The Morgan fingerprint density at radius 1 is 1.35 bits per heavy atom. The highest BCUT2D eigenvalue weighted by Crippen LogP contribution is 2.46. The monoisotopic (exact) mass is 577 g/mol. The van der Waals surface area contributed by atoms with Gasteiger partial charge in [-0.1, -0.05) is 18.2 Å². The molecular weight excluding hydrogens is 548 g/mol. The van der Waals surface area contributed by atoms with Crippen molar-refractivity contribution in [2.45, 2.75) is 50.7 Å². The number of para-hydroxylation sites is 1. The van der Waals surface area contributed by atoms with E-state index in [1.54, 1.807) is 6.20 Å². The minimum atomic E-state index is -4.32. The summed E-state index contributed by atoms with van der Waals surface area (Å²) in [6, 6.07) is 8.09. The molecule has 15 heteroatoms. The minimum absolute atomic E-state index is 0.0495. The fourth-order valence-corrected chi connectivity index (χ4v) is 5.82. The van der Waals surface area contributed by atoms with E-state index in [2.05, 4.69) is 15.1 Å². The Kier molecular flexibility index (Phi) is 9.34. The molecule has 0 radical (unpaired) electrons. The number of aromatic amines is 2. The van der Waals surface area contributed by atoms with Crippen LogP contribution in [0.3, 0.4) is 0 Å². The second-order valence-corrected chi connectivity index (χ2v) is 10.9. The molecule has 1 saturated heterocycles. The van der Waals surface area contributed by atoms with E-state index >= 15 is 0 Å². The SMILES string of the molecule is COC(=O)[C@H](Cc1c[nH]c2ccccc12)NP(=O)(OCCC#N)OC[C@H]1O[C@@H](n2cc(C)c(=O)[nH]c2=O)C[C@@H]1F. The van der Waals surface area contributed by atoms with Crippen LogP contribution in [0.4, 0.5) is 4.39 Å². The fraction of sp³-hybridized carbons (Fsp3) is 0.440. The van der Waals surface area contributed by atoms with Crippen LogP contribution >= 0.6 is 7.75 Å². The standard InChI is InChI=1S/C25H29FN5O8P/c1-15-13-31(25(34)29-23(15)32)22-11-18(26)21(39-22)14-38-40(35,37-9-5-8-27)30-20(24(33)36-2)10-16-12-28-19-7-4-3-6-17(16)19/h3-4,6-7,12-13,18,20-22,28H,5,9-11,14H2,1-2H3,(H,30,35)(H,29,32,34)/t18-,20-,21+,22+,40?/m0/s1. The van der Waals surface area contributed by atoms with Gasteiger partial charge >= 0.3 is 19.4 Å². The van der Waals surface area contributed by atoms with Gasteiger partial charge in [-0.15, -0.1) is 0 Å². The van der Waals surface area contributed by atoms with Crippen LogP contribution in [0.25, 0.3) is 10.9 Å². The summed E-state index contributed by atoms with van der Waals surface area (Å²) >= 11 is 0. The Bertz CT molecular complexity index is 1560. The number of benzene rings is 1. The van der Waals surface area contributed by atoms with Gasteiger partial charge in [0.15, 0.2) is 0 Å². The van der Waals surface area contributed by atoms with Gasteiger partial charge in [0.25, 0.3) is 5.56 Å². The van der Waals surface area contributed by atoms with Crippen LogP contribution in [0.1, 0.15) is 30.2 Å².